The van der Waals surface area contributed by atoms with Crippen LogP contribution in [0.15, 0.2) is 0 Å². The molecule has 0 N–H and O–H groups in total. The third-order valence-electron chi connectivity index (χ3n) is 3.22. The Morgan fingerprint density at radius 2 is 1.05 bits per heavy atom. The van der Waals surface area contributed by atoms with Crippen LogP contribution in [0.4, 0.5) is 35.1 Å². The zero-order valence-electron chi connectivity index (χ0n) is 9.82. The Hall–Kier alpha value is -0.640. The van der Waals surface area contributed by atoms with Gasteiger partial charge in [0, 0.05) is 12.8 Å². The molecular weight excluding hydrogens is 304 g/mol. The first-order chi connectivity index (χ1) is 8.91. The van der Waals surface area contributed by atoms with Crippen molar-refractivity contribution in [3.8, 4) is 0 Å². The summed E-state index contributed by atoms with van der Waals surface area (Å²) in [5.74, 6) is -12.4. The number of hydrogen-bond donors (Lipinski definition) is 0. The summed E-state index contributed by atoms with van der Waals surface area (Å²) >= 11 is 0. The van der Waals surface area contributed by atoms with E-state index < -0.39 is 48.7 Å². The predicted octanol–water partition coefficient (Wildman–Crippen LogP) is 3.11. The van der Waals surface area contributed by atoms with E-state index in [1.807, 2.05) is 0 Å². The van der Waals surface area contributed by atoms with Crippen LogP contribution in [0.5, 0.6) is 0 Å². The van der Waals surface area contributed by atoms with Gasteiger partial charge in [-0.15, -0.1) is 0 Å². The minimum Gasteiger partial charge on any atom is -0.373 e. The maximum Gasteiger partial charge on any atom is 0.460 e. The van der Waals surface area contributed by atoms with Gasteiger partial charge in [0.05, 0.1) is 25.4 Å². The molecule has 2 heterocycles. The van der Waals surface area contributed by atoms with Crippen LogP contribution >= 0.6 is 0 Å². The van der Waals surface area contributed by atoms with Crippen molar-refractivity contribution < 1.29 is 44.6 Å². The Morgan fingerprint density at radius 1 is 0.700 bits per heavy atom. The number of ether oxygens (including phenoxy) is 2. The highest BCUT2D eigenvalue weighted by Crippen LogP contribution is 2.56. The van der Waals surface area contributed by atoms with Crippen LogP contribution in [0, 0.1) is 0 Å². The molecule has 0 aromatic carbocycles. The van der Waals surface area contributed by atoms with E-state index in [2.05, 4.69) is 9.47 Å². The largest absolute Gasteiger partial charge is 0.460 e. The van der Waals surface area contributed by atoms with Crippen LogP contribution in [0.2, 0.25) is 0 Å². The molecule has 0 radical (unpaired) electrons. The first-order valence-corrected chi connectivity index (χ1v) is 5.65. The number of halogens is 8. The molecule has 0 aromatic heterocycles. The monoisotopic (exact) mass is 314 g/mol. The first kappa shape index (κ1) is 15.7. The second kappa shape index (κ2) is 4.43. The molecule has 20 heavy (non-hydrogen) atoms. The maximum atomic E-state index is 14.3. The maximum absolute atomic E-state index is 14.3. The SMILES string of the molecule is FC(F)(F)C(F)(F)C(F)(F)C(F)(CC1CO1)CC1CO1. The van der Waals surface area contributed by atoms with Crippen molar-refractivity contribution in [3.63, 3.8) is 0 Å². The van der Waals surface area contributed by atoms with Gasteiger partial charge in [0.15, 0.2) is 5.67 Å². The second-order valence-corrected chi connectivity index (χ2v) is 4.93. The van der Waals surface area contributed by atoms with Gasteiger partial charge in [-0.3, -0.25) is 0 Å². The molecule has 10 heteroatoms. The Bertz CT molecular complexity index is 358. The average Bonchev–Trinajstić information content (AvgIpc) is 3.12. The van der Waals surface area contributed by atoms with Crippen LogP contribution in [0.1, 0.15) is 12.8 Å². The fourth-order valence-electron chi connectivity index (χ4n) is 1.89. The lowest BCUT2D eigenvalue weighted by atomic mass is 9.84. The molecule has 2 aliphatic rings. The van der Waals surface area contributed by atoms with Crippen molar-refractivity contribution in [1.29, 1.82) is 0 Å². The highest BCUT2D eigenvalue weighted by atomic mass is 19.4. The summed E-state index contributed by atoms with van der Waals surface area (Å²) < 4.78 is 113. The van der Waals surface area contributed by atoms with Gasteiger partial charge in [0.2, 0.25) is 0 Å². The number of alkyl halides is 8. The summed E-state index contributed by atoms with van der Waals surface area (Å²) in [5.41, 5.74) is -4.05. The molecular formula is C10H10F8O2. The smallest absolute Gasteiger partial charge is 0.373 e. The molecule has 0 aromatic rings. The summed E-state index contributed by atoms with van der Waals surface area (Å²) in [6, 6.07) is 0. The van der Waals surface area contributed by atoms with Crippen molar-refractivity contribution >= 4 is 0 Å². The van der Waals surface area contributed by atoms with Crippen LogP contribution in [-0.2, 0) is 9.47 Å². The van der Waals surface area contributed by atoms with E-state index in [4.69, 9.17) is 0 Å². The normalized spacial score (nSPS) is 30.0. The average molecular weight is 314 g/mol. The summed E-state index contributed by atoms with van der Waals surface area (Å²) in [6.45, 7) is -0.296. The molecule has 2 fully saturated rings. The van der Waals surface area contributed by atoms with Crippen LogP contribution in [0.25, 0.3) is 0 Å². The second-order valence-electron chi connectivity index (χ2n) is 4.93. The van der Waals surface area contributed by atoms with Crippen molar-refractivity contribution in [3.05, 3.63) is 0 Å². The molecule has 0 aliphatic carbocycles. The molecule has 2 atom stereocenters. The molecule has 118 valence electrons. The van der Waals surface area contributed by atoms with Gasteiger partial charge in [0.1, 0.15) is 0 Å². The van der Waals surface area contributed by atoms with Crippen LogP contribution in [-0.4, -0.2) is 49.1 Å². The minimum atomic E-state index is -6.55. The lowest BCUT2D eigenvalue weighted by molar-refractivity contribution is -0.381. The van der Waals surface area contributed by atoms with Crippen LogP contribution < -0.4 is 0 Å². The minimum absolute atomic E-state index is 0.148. The summed E-state index contributed by atoms with van der Waals surface area (Å²) in [4.78, 5) is 0. The van der Waals surface area contributed by atoms with Gasteiger partial charge < -0.3 is 9.47 Å². The Labute approximate surface area is 108 Å². The third kappa shape index (κ3) is 2.59. The van der Waals surface area contributed by atoms with Crippen molar-refractivity contribution in [2.75, 3.05) is 13.2 Å². The molecule has 0 bridgehead atoms. The lowest BCUT2D eigenvalue weighted by Gasteiger charge is -2.38. The van der Waals surface area contributed by atoms with Gasteiger partial charge in [-0.2, -0.15) is 30.7 Å². The van der Waals surface area contributed by atoms with Gasteiger partial charge in [-0.05, 0) is 0 Å². The van der Waals surface area contributed by atoms with E-state index in [0.29, 0.717) is 0 Å². The van der Waals surface area contributed by atoms with E-state index in [1.165, 1.54) is 0 Å². The number of epoxide rings is 2. The zero-order chi connectivity index (χ0) is 15.4. The molecule has 0 amide bonds. The van der Waals surface area contributed by atoms with Gasteiger partial charge >= 0.3 is 18.0 Å². The molecule has 2 saturated heterocycles. The number of rotatable bonds is 6. The van der Waals surface area contributed by atoms with E-state index >= 15 is 0 Å². The molecule has 0 saturated carbocycles. The topological polar surface area (TPSA) is 25.1 Å². The van der Waals surface area contributed by atoms with E-state index in [9.17, 15) is 35.1 Å². The van der Waals surface area contributed by atoms with E-state index in [-0.39, 0.29) is 13.2 Å². The van der Waals surface area contributed by atoms with Crippen molar-refractivity contribution in [2.45, 2.75) is 48.7 Å². The first-order valence-electron chi connectivity index (χ1n) is 5.65. The van der Waals surface area contributed by atoms with Crippen LogP contribution in [0.3, 0.4) is 0 Å². The molecule has 0 spiro atoms. The van der Waals surface area contributed by atoms with E-state index in [0.717, 1.165) is 0 Å². The third-order valence-corrected chi connectivity index (χ3v) is 3.22. The lowest BCUT2D eigenvalue weighted by Crippen LogP contribution is -2.63. The Kier molecular flexibility index (Phi) is 3.48. The quantitative estimate of drug-likeness (QED) is 0.556. The fourth-order valence-corrected chi connectivity index (χ4v) is 1.89. The highest BCUT2D eigenvalue weighted by molar-refractivity contribution is 5.08. The Morgan fingerprint density at radius 3 is 1.30 bits per heavy atom. The van der Waals surface area contributed by atoms with Crippen molar-refractivity contribution in [2.24, 2.45) is 0 Å². The highest BCUT2D eigenvalue weighted by Gasteiger charge is 2.80. The number of hydrogen-bond acceptors (Lipinski definition) is 2. The standard InChI is InChI=1S/C10H10F8O2/c11-7(1-5-3-19-5,2-6-4-20-6)8(12,13)9(14,15)10(16,17)18/h5-6H,1-4H2. The zero-order valence-corrected chi connectivity index (χ0v) is 9.82. The van der Waals surface area contributed by atoms with Crippen molar-refractivity contribution in [1.82, 2.24) is 0 Å². The van der Waals surface area contributed by atoms with E-state index in [1.54, 1.807) is 0 Å². The molecule has 2 nitrogen and oxygen atoms in total. The van der Waals surface area contributed by atoms with Gasteiger partial charge in [-0.25, -0.2) is 4.39 Å². The Balaban J connectivity index is 2.28. The molecule has 2 aliphatic heterocycles. The predicted molar refractivity (Wildman–Crippen MR) is 48.5 cm³/mol. The summed E-state index contributed by atoms with van der Waals surface area (Å²) in [7, 11) is 0. The molecule has 2 rings (SSSR count). The van der Waals surface area contributed by atoms with Gasteiger partial charge in [-0.1, -0.05) is 0 Å². The fraction of sp³-hybridized carbons (Fsp3) is 1.00. The summed E-state index contributed by atoms with van der Waals surface area (Å²) in [5, 5.41) is 0. The summed E-state index contributed by atoms with van der Waals surface area (Å²) in [6.07, 6.45) is -11.2. The van der Waals surface area contributed by atoms with Gasteiger partial charge in [0.25, 0.3) is 0 Å². The molecule has 2 unspecified atom stereocenters.